The molecule has 5 heteroatoms. The van der Waals surface area contributed by atoms with E-state index in [2.05, 4.69) is 0 Å². The summed E-state index contributed by atoms with van der Waals surface area (Å²) in [7, 11) is 0. The maximum Gasteiger partial charge on any atom is 0.311 e. The van der Waals surface area contributed by atoms with Gasteiger partial charge in [-0.25, -0.2) is 0 Å². The molecule has 1 heterocycles. The second-order valence-electron chi connectivity index (χ2n) is 5.60. The average molecular weight is 296 g/mol. The van der Waals surface area contributed by atoms with E-state index in [4.69, 9.17) is 11.6 Å². The Bertz CT molecular complexity index is 544. The van der Waals surface area contributed by atoms with Gasteiger partial charge in [-0.1, -0.05) is 31.5 Å². The molecule has 1 aliphatic rings. The Morgan fingerprint density at radius 2 is 2.10 bits per heavy atom. The van der Waals surface area contributed by atoms with Crippen molar-refractivity contribution in [1.82, 2.24) is 4.90 Å². The minimum Gasteiger partial charge on any atom is -0.481 e. The van der Waals surface area contributed by atoms with Gasteiger partial charge in [0.25, 0.3) is 5.91 Å². The number of aliphatic carboxylic acids is 1. The summed E-state index contributed by atoms with van der Waals surface area (Å²) in [6.07, 6.45) is 0.492. The van der Waals surface area contributed by atoms with Gasteiger partial charge in [-0.05, 0) is 30.5 Å². The van der Waals surface area contributed by atoms with Crippen molar-refractivity contribution in [2.45, 2.75) is 20.3 Å². The predicted molar refractivity (Wildman–Crippen MR) is 76.9 cm³/mol. The zero-order valence-electron chi connectivity index (χ0n) is 11.6. The molecule has 20 heavy (non-hydrogen) atoms. The average Bonchev–Trinajstić information content (AvgIpc) is 2.84. The van der Waals surface area contributed by atoms with Gasteiger partial charge in [0.2, 0.25) is 0 Å². The fourth-order valence-corrected chi connectivity index (χ4v) is 2.89. The number of carbonyl (C=O) groups is 2. The van der Waals surface area contributed by atoms with Crippen LogP contribution in [0.2, 0.25) is 5.02 Å². The van der Waals surface area contributed by atoms with Crippen LogP contribution in [0, 0.1) is 11.3 Å². The molecule has 108 valence electrons. The van der Waals surface area contributed by atoms with Crippen LogP contribution in [0.5, 0.6) is 0 Å². The number of hydrogen-bond acceptors (Lipinski definition) is 2. The second-order valence-corrected chi connectivity index (χ2v) is 6.04. The van der Waals surface area contributed by atoms with Gasteiger partial charge < -0.3 is 10.0 Å². The van der Waals surface area contributed by atoms with Crippen LogP contribution < -0.4 is 0 Å². The first kappa shape index (κ1) is 14.9. The van der Waals surface area contributed by atoms with E-state index in [9.17, 15) is 14.7 Å². The van der Waals surface area contributed by atoms with Gasteiger partial charge in [0, 0.05) is 23.7 Å². The Labute approximate surface area is 123 Å². The highest BCUT2D eigenvalue weighted by Gasteiger charge is 2.48. The number of carboxylic acids is 1. The third-order valence-electron chi connectivity index (χ3n) is 4.19. The molecule has 1 fully saturated rings. The van der Waals surface area contributed by atoms with E-state index in [-0.39, 0.29) is 18.4 Å². The number of halogens is 1. The molecule has 1 N–H and O–H groups in total. The monoisotopic (exact) mass is 295 g/mol. The van der Waals surface area contributed by atoms with Gasteiger partial charge in [-0.2, -0.15) is 0 Å². The van der Waals surface area contributed by atoms with Crippen molar-refractivity contribution in [3.05, 3.63) is 34.9 Å². The van der Waals surface area contributed by atoms with Gasteiger partial charge in [0.15, 0.2) is 0 Å². The molecule has 0 aliphatic carbocycles. The highest BCUT2D eigenvalue weighted by Crippen LogP contribution is 2.38. The number of carboxylic acid groups (broad SMARTS) is 1. The summed E-state index contributed by atoms with van der Waals surface area (Å²) >= 11 is 5.89. The number of rotatable bonds is 3. The molecule has 0 bridgehead atoms. The van der Waals surface area contributed by atoms with E-state index in [1.54, 1.807) is 29.2 Å². The van der Waals surface area contributed by atoms with Crippen molar-refractivity contribution < 1.29 is 14.7 Å². The maximum absolute atomic E-state index is 12.4. The largest absolute Gasteiger partial charge is 0.481 e. The lowest BCUT2D eigenvalue weighted by atomic mass is 9.76. The fraction of sp³-hybridized carbons (Fsp3) is 0.467. The minimum atomic E-state index is -0.839. The van der Waals surface area contributed by atoms with Crippen molar-refractivity contribution in [3.8, 4) is 0 Å². The summed E-state index contributed by atoms with van der Waals surface area (Å²) in [6.45, 7) is 4.50. The first-order chi connectivity index (χ1) is 9.36. The lowest BCUT2D eigenvalue weighted by molar-refractivity contribution is -0.150. The number of likely N-dealkylation sites (tertiary alicyclic amines) is 1. The van der Waals surface area contributed by atoms with E-state index in [1.807, 2.05) is 13.8 Å². The fourth-order valence-electron chi connectivity index (χ4n) is 2.70. The van der Waals surface area contributed by atoms with Gasteiger partial charge in [-0.3, -0.25) is 9.59 Å². The van der Waals surface area contributed by atoms with Crippen LogP contribution in [0.25, 0.3) is 0 Å². The summed E-state index contributed by atoms with van der Waals surface area (Å²) in [5.74, 6) is -0.998. The van der Waals surface area contributed by atoms with Crippen LogP contribution in [-0.2, 0) is 4.79 Å². The Hall–Kier alpha value is -1.55. The lowest BCUT2D eigenvalue weighted by Gasteiger charge is -2.28. The summed E-state index contributed by atoms with van der Waals surface area (Å²) in [4.78, 5) is 25.6. The standard InChI is InChI=1S/C15H18ClNO3/c1-10(2)15(14(19)20)6-7-17(9-15)13(18)11-4-3-5-12(16)8-11/h3-5,8,10H,6-7,9H2,1-2H3,(H,19,20). The summed E-state index contributed by atoms with van der Waals surface area (Å²) in [6, 6.07) is 6.74. The molecule has 0 aromatic heterocycles. The minimum absolute atomic E-state index is 0.0165. The molecule has 1 amide bonds. The molecule has 0 spiro atoms. The molecule has 1 unspecified atom stereocenters. The third-order valence-corrected chi connectivity index (χ3v) is 4.43. The first-order valence-corrected chi connectivity index (χ1v) is 7.03. The Kier molecular flexibility index (Phi) is 4.04. The maximum atomic E-state index is 12.4. The number of amides is 1. The van der Waals surface area contributed by atoms with Crippen molar-refractivity contribution in [3.63, 3.8) is 0 Å². The van der Waals surface area contributed by atoms with Crippen LogP contribution in [-0.4, -0.2) is 35.0 Å². The summed E-state index contributed by atoms with van der Waals surface area (Å²) in [5.41, 5.74) is -0.337. The predicted octanol–water partition coefficient (Wildman–Crippen LogP) is 2.91. The van der Waals surface area contributed by atoms with E-state index < -0.39 is 11.4 Å². The molecule has 1 aliphatic heterocycles. The molecule has 1 atom stereocenters. The Morgan fingerprint density at radius 1 is 1.40 bits per heavy atom. The van der Waals surface area contributed by atoms with Gasteiger partial charge in [0.1, 0.15) is 0 Å². The van der Waals surface area contributed by atoms with Gasteiger partial charge in [0.05, 0.1) is 5.41 Å². The Balaban J connectivity index is 2.21. The molecule has 4 nitrogen and oxygen atoms in total. The normalized spacial score (nSPS) is 22.3. The SMILES string of the molecule is CC(C)C1(C(=O)O)CCN(C(=O)c2cccc(Cl)c2)C1. The van der Waals surface area contributed by atoms with Crippen LogP contribution in [0.15, 0.2) is 24.3 Å². The highest BCUT2D eigenvalue weighted by molar-refractivity contribution is 6.30. The molecule has 1 saturated heterocycles. The van der Waals surface area contributed by atoms with Crippen molar-refractivity contribution >= 4 is 23.5 Å². The van der Waals surface area contributed by atoms with Crippen LogP contribution >= 0.6 is 11.6 Å². The third kappa shape index (κ3) is 2.52. The van der Waals surface area contributed by atoms with Gasteiger partial charge >= 0.3 is 5.97 Å². The van der Waals surface area contributed by atoms with E-state index in [0.29, 0.717) is 23.6 Å². The highest BCUT2D eigenvalue weighted by atomic mass is 35.5. The van der Waals surface area contributed by atoms with Crippen molar-refractivity contribution in [1.29, 1.82) is 0 Å². The quantitative estimate of drug-likeness (QED) is 0.933. The van der Waals surface area contributed by atoms with E-state index >= 15 is 0 Å². The van der Waals surface area contributed by atoms with Crippen LogP contribution in [0.4, 0.5) is 0 Å². The molecule has 1 aromatic rings. The molecular weight excluding hydrogens is 278 g/mol. The van der Waals surface area contributed by atoms with Gasteiger partial charge in [-0.15, -0.1) is 0 Å². The smallest absolute Gasteiger partial charge is 0.311 e. The topological polar surface area (TPSA) is 57.6 Å². The number of hydrogen-bond donors (Lipinski definition) is 1. The number of nitrogens with zero attached hydrogens (tertiary/aromatic N) is 1. The molecule has 0 radical (unpaired) electrons. The summed E-state index contributed by atoms with van der Waals surface area (Å²) in [5, 5.41) is 9.99. The zero-order valence-corrected chi connectivity index (χ0v) is 12.4. The lowest BCUT2D eigenvalue weighted by Crippen LogP contribution is -2.40. The molecule has 0 saturated carbocycles. The number of carbonyl (C=O) groups excluding carboxylic acids is 1. The molecule has 2 rings (SSSR count). The molecule has 1 aromatic carbocycles. The van der Waals surface area contributed by atoms with E-state index in [0.717, 1.165) is 0 Å². The second kappa shape index (κ2) is 5.44. The molecular formula is C15H18ClNO3. The van der Waals surface area contributed by atoms with Crippen molar-refractivity contribution in [2.75, 3.05) is 13.1 Å². The summed E-state index contributed by atoms with van der Waals surface area (Å²) < 4.78 is 0. The van der Waals surface area contributed by atoms with Crippen molar-refractivity contribution in [2.24, 2.45) is 11.3 Å². The van der Waals surface area contributed by atoms with Crippen LogP contribution in [0.1, 0.15) is 30.6 Å². The van der Waals surface area contributed by atoms with Crippen LogP contribution in [0.3, 0.4) is 0 Å². The first-order valence-electron chi connectivity index (χ1n) is 6.65. The zero-order chi connectivity index (χ0) is 14.9. The van der Waals surface area contributed by atoms with E-state index in [1.165, 1.54) is 0 Å². The Morgan fingerprint density at radius 3 is 2.60 bits per heavy atom. The number of benzene rings is 1.